The zero-order valence-electron chi connectivity index (χ0n) is 17.5. The molecule has 30 heavy (non-hydrogen) atoms. The number of unbranched alkanes of at least 4 members (excludes halogenated alkanes) is 2. The molecule has 0 bridgehead atoms. The first-order valence-corrected chi connectivity index (χ1v) is 9.90. The van der Waals surface area contributed by atoms with Crippen LogP contribution in [0.3, 0.4) is 0 Å². The van der Waals surface area contributed by atoms with Crippen molar-refractivity contribution in [2.24, 2.45) is 17.4 Å². The lowest BCUT2D eigenvalue weighted by atomic mass is 9.66. The molecule has 2 rings (SSSR count). The van der Waals surface area contributed by atoms with Crippen LogP contribution in [-0.2, 0) is 18.0 Å². The highest BCUT2D eigenvalue weighted by atomic mass is 35.5. The van der Waals surface area contributed by atoms with Crippen LogP contribution < -0.4 is 11.5 Å². The molecule has 0 saturated heterocycles. The predicted octanol–water partition coefficient (Wildman–Crippen LogP) is 6.49. The first-order valence-electron chi connectivity index (χ1n) is 9.90. The van der Waals surface area contributed by atoms with Gasteiger partial charge < -0.3 is 11.5 Å². The van der Waals surface area contributed by atoms with Gasteiger partial charge in [0, 0.05) is 5.41 Å². The zero-order chi connectivity index (χ0) is 20.8. The zero-order valence-corrected chi connectivity index (χ0v) is 19.1. The van der Waals surface area contributed by atoms with Crippen LogP contribution in [0, 0.1) is 5.92 Å². The van der Waals surface area contributed by atoms with E-state index in [1.54, 1.807) is 6.07 Å². The number of hydrogen-bond acceptors (Lipinski definition) is 2. The van der Waals surface area contributed by atoms with Gasteiger partial charge in [-0.15, -0.1) is 24.8 Å². The first kappa shape index (κ1) is 28.7. The molecule has 0 fully saturated rings. The second kappa shape index (κ2) is 12.6. The molecule has 1 unspecified atom stereocenters. The van der Waals surface area contributed by atoms with Crippen molar-refractivity contribution < 1.29 is 13.2 Å². The molecule has 0 aliphatic rings. The van der Waals surface area contributed by atoms with Gasteiger partial charge in [-0.1, -0.05) is 75.2 Å². The van der Waals surface area contributed by atoms with Crippen molar-refractivity contribution in [1.29, 1.82) is 0 Å². The molecule has 0 aliphatic heterocycles. The summed E-state index contributed by atoms with van der Waals surface area (Å²) < 4.78 is 39.6. The Kier molecular flexibility index (Phi) is 12.0. The summed E-state index contributed by atoms with van der Waals surface area (Å²) >= 11 is 0. The largest absolute Gasteiger partial charge is 0.416 e. The fourth-order valence-corrected chi connectivity index (χ4v) is 4.06. The van der Waals surface area contributed by atoms with Crippen molar-refractivity contribution in [3.05, 3.63) is 71.3 Å². The summed E-state index contributed by atoms with van der Waals surface area (Å²) in [5.41, 5.74) is 12.9. The Balaban J connectivity index is 0.00000420. The van der Waals surface area contributed by atoms with Crippen LogP contribution >= 0.6 is 24.8 Å². The van der Waals surface area contributed by atoms with E-state index >= 15 is 0 Å². The van der Waals surface area contributed by atoms with Crippen LogP contribution in [0.4, 0.5) is 13.2 Å². The molecule has 0 radical (unpaired) electrons. The van der Waals surface area contributed by atoms with Gasteiger partial charge in [0.25, 0.3) is 0 Å². The number of nitrogens with two attached hydrogens (primary N) is 2. The topological polar surface area (TPSA) is 52.0 Å². The van der Waals surface area contributed by atoms with E-state index in [1.165, 1.54) is 17.7 Å². The molecule has 1 atom stereocenters. The highest BCUT2D eigenvalue weighted by Gasteiger charge is 2.41. The highest BCUT2D eigenvalue weighted by Crippen LogP contribution is 2.41. The lowest BCUT2D eigenvalue weighted by Crippen LogP contribution is -2.54. The van der Waals surface area contributed by atoms with E-state index in [-0.39, 0.29) is 30.7 Å². The quantitative estimate of drug-likeness (QED) is 0.329. The van der Waals surface area contributed by atoms with Gasteiger partial charge in [0.1, 0.15) is 0 Å². The standard InChI is InChI=1S/C23H31F3N2.2ClH/c1-17(2)22(21(27)28,19-13-9-14-20(16-19)23(24,25)26)15-8-4-7-12-18-10-5-3-6-11-18;;/h3,5-6,9-11,13-14,16-17,21H,4,7-8,12,15,27-28H2,1-2H3;2*1H. The van der Waals surface area contributed by atoms with Gasteiger partial charge in [-0.2, -0.15) is 13.2 Å². The van der Waals surface area contributed by atoms with Gasteiger partial charge in [-0.25, -0.2) is 0 Å². The predicted molar refractivity (Wildman–Crippen MR) is 123 cm³/mol. The molecule has 2 aromatic rings. The van der Waals surface area contributed by atoms with Gasteiger partial charge in [0.05, 0.1) is 11.7 Å². The molecular formula is C23H33Cl2F3N2. The van der Waals surface area contributed by atoms with E-state index in [9.17, 15) is 13.2 Å². The number of alkyl halides is 3. The minimum Gasteiger partial charge on any atom is -0.315 e. The van der Waals surface area contributed by atoms with Crippen LogP contribution in [0.15, 0.2) is 54.6 Å². The fraction of sp³-hybridized carbons (Fsp3) is 0.478. The molecule has 0 heterocycles. The molecule has 0 aromatic heterocycles. The third kappa shape index (κ3) is 7.16. The fourth-order valence-electron chi connectivity index (χ4n) is 4.06. The minimum absolute atomic E-state index is 0. The maximum Gasteiger partial charge on any atom is 0.416 e. The van der Waals surface area contributed by atoms with Gasteiger partial charge in [-0.3, -0.25) is 0 Å². The maximum absolute atomic E-state index is 13.2. The van der Waals surface area contributed by atoms with Gasteiger partial charge in [-0.05, 0) is 42.4 Å². The van der Waals surface area contributed by atoms with Crippen LogP contribution in [0.5, 0.6) is 0 Å². The van der Waals surface area contributed by atoms with E-state index < -0.39 is 23.3 Å². The molecule has 170 valence electrons. The van der Waals surface area contributed by atoms with Crippen LogP contribution in [0.2, 0.25) is 0 Å². The van der Waals surface area contributed by atoms with Crippen molar-refractivity contribution in [2.75, 3.05) is 0 Å². The molecule has 0 saturated carbocycles. The summed E-state index contributed by atoms with van der Waals surface area (Å²) in [4.78, 5) is 0. The average Bonchev–Trinajstić information content (AvgIpc) is 2.64. The monoisotopic (exact) mass is 464 g/mol. The molecule has 4 N–H and O–H groups in total. The first-order chi connectivity index (χ1) is 13.2. The summed E-state index contributed by atoms with van der Waals surface area (Å²) in [6.07, 6.45) is -0.578. The van der Waals surface area contributed by atoms with Crippen LogP contribution in [0.1, 0.15) is 56.2 Å². The van der Waals surface area contributed by atoms with Gasteiger partial charge in [0.15, 0.2) is 0 Å². The van der Waals surface area contributed by atoms with E-state index in [2.05, 4.69) is 12.1 Å². The maximum atomic E-state index is 13.2. The number of aryl methyl sites for hydroxylation is 1. The Hall–Kier alpha value is -1.27. The Morgan fingerprint density at radius 1 is 0.800 bits per heavy atom. The van der Waals surface area contributed by atoms with Crippen molar-refractivity contribution in [2.45, 2.75) is 63.7 Å². The van der Waals surface area contributed by atoms with Crippen molar-refractivity contribution in [3.63, 3.8) is 0 Å². The van der Waals surface area contributed by atoms with E-state index in [0.717, 1.165) is 31.7 Å². The Labute approximate surface area is 190 Å². The molecule has 0 aliphatic carbocycles. The van der Waals surface area contributed by atoms with Gasteiger partial charge >= 0.3 is 6.18 Å². The van der Waals surface area contributed by atoms with Gasteiger partial charge in [0.2, 0.25) is 0 Å². The second-order valence-corrected chi connectivity index (χ2v) is 7.85. The highest BCUT2D eigenvalue weighted by molar-refractivity contribution is 5.85. The van der Waals surface area contributed by atoms with Crippen molar-refractivity contribution in [3.8, 4) is 0 Å². The third-order valence-electron chi connectivity index (χ3n) is 5.75. The normalized spacial score (nSPS) is 13.5. The Morgan fingerprint density at radius 2 is 1.40 bits per heavy atom. The van der Waals surface area contributed by atoms with Crippen LogP contribution in [-0.4, -0.2) is 6.17 Å². The molecule has 0 spiro atoms. The lowest BCUT2D eigenvalue weighted by Gasteiger charge is -2.42. The summed E-state index contributed by atoms with van der Waals surface area (Å²) in [7, 11) is 0. The number of hydrogen-bond donors (Lipinski definition) is 2. The second-order valence-electron chi connectivity index (χ2n) is 7.85. The summed E-state index contributed by atoms with van der Waals surface area (Å²) in [5.74, 6) is 0.0186. The smallest absolute Gasteiger partial charge is 0.315 e. The molecule has 7 heteroatoms. The van der Waals surface area contributed by atoms with Crippen molar-refractivity contribution in [1.82, 2.24) is 0 Å². The Bertz CT molecular complexity index is 727. The summed E-state index contributed by atoms with van der Waals surface area (Å²) in [6, 6.07) is 15.8. The minimum atomic E-state index is -4.38. The summed E-state index contributed by atoms with van der Waals surface area (Å²) in [5, 5.41) is 0. The third-order valence-corrected chi connectivity index (χ3v) is 5.75. The SMILES string of the molecule is CC(C)C(CCCCCc1ccccc1)(c1cccc(C(F)(F)F)c1)C(N)N.Cl.Cl. The van der Waals surface area contributed by atoms with E-state index in [1.807, 2.05) is 32.0 Å². The van der Waals surface area contributed by atoms with Crippen molar-refractivity contribution >= 4 is 24.8 Å². The summed E-state index contributed by atoms with van der Waals surface area (Å²) in [6.45, 7) is 3.97. The number of halogens is 5. The molecule has 2 aromatic carbocycles. The number of benzene rings is 2. The van der Waals surface area contributed by atoms with E-state index in [4.69, 9.17) is 11.5 Å². The molecule has 2 nitrogen and oxygen atoms in total. The lowest BCUT2D eigenvalue weighted by molar-refractivity contribution is -0.137. The average molecular weight is 465 g/mol. The Morgan fingerprint density at radius 3 is 1.93 bits per heavy atom. The molecule has 0 amide bonds. The number of rotatable bonds is 9. The van der Waals surface area contributed by atoms with E-state index in [0.29, 0.717) is 12.0 Å². The molecular weight excluding hydrogens is 432 g/mol. The van der Waals surface area contributed by atoms with Crippen LogP contribution in [0.25, 0.3) is 0 Å².